The van der Waals surface area contributed by atoms with Crippen LogP contribution in [0.5, 0.6) is 0 Å². The van der Waals surface area contributed by atoms with Crippen LogP contribution in [-0.4, -0.2) is 17.7 Å². The molecule has 1 N–H and O–H groups in total. The minimum Gasteiger partial charge on any atom is -0.352 e. The molecule has 3 heteroatoms. The fourth-order valence-corrected chi connectivity index (χ4v) is 7.21. The van der Waals surface area contributed by atoms with E-state index in [0.29, 0.717) is 24.0 Å². The van der Waals surface area contributed by atoms with Crippen molar-refractivity contribution < 1.29 is 9.59 Å². The summed E-state index contributed by atoms with van der Waals surface area (Å²) in [7, 11) is 0. The van der Waals surface area contributed by atoms with E-state index in [1.807, 2.05) is 30.3 Å². The van der Waals surface area contributed by atoms with Gasteiger partial charge in [-0.05, 0) is 61.2 Å². The second-order valence-corrected chi connectivity index (χ2v) is 10.1. The molecule has 28 heavy (non-hydrogen) atoms. The number of allylic oxidation sites excluding steroid dienone is 1. The van der Waals surface area contributed by atoms with Crippen molar-refractivity contribution in [3.63, 3.8) is 0 Å². The van der Waals surface area contributed by atoms with Gasteiger partial charge in [0.2, 0.25) is 5.91 Å². The maximum Gasteiger partial charge on any atom is 0.220 e. The van der Waals surface area contributed by atoms with Crippen LogP contribution in [0.25, 0.3) is 0 Å². The molecular formula is C25H31NO2. The largest absolute Gasteiger partial charge is 0.352 e. The number of ketones is 1. The third kappa shape index (κ3) is 2.47. The van der Waals surface area contributed by atoms with E-state index in [1.54, 1.807) is 5.57 Å². The van der Waals surface area contributed by atoms with E-state index in [1.165, 1.54) is 0 Å². The molecular weight excluding hydrogens is 346 g/mol. The number of rotatable bonds is 2. The Hall–Kier alpha value is -1.90. The molecule has 0 radical (unpaired) electrons. The van der Waals surface area contributed by atoms with Crippen LogP contribution in [0, 0.1) is 28.6 Å². The Labute approximate surface area is 168 Å². The van der Waals surface area contributed by atoms with Crippen LogP contribution in [0.4, 0.5) is 0 Å². The quantitative estimate of drug-likeness (QED) is 0.587. The summed E-state index contributed by atoms with van der Waals surface area (Å²) in [5.74, 6) is 1.79. The topological polar surface area (TPSA) is 46.2 Å². The molecule has 1 amide bonds. The maximum absolute atomic E-state index is 13.3. The number of hydrogen-bond donors (Lipinski definition) is 1. The van der Waals surface area contributed by atoms with Crippen LogP contribution in [-0.2, 0) is 4.79 Å². The average molecular weight is 378 g/mol. The average Bonchev–Trinajstić information content (AvgIpc) is 3.06. The third-order valence-electron chi connectivity index (χ3n) is 8.89. The van der Waals surface area contributed by atoms with Crippen molar-refractivity contribution in [3.05, 3.63) is 47.5 Å². The van der Waals surface area contributed by atoms with Gasteiger partial charge < -0.3 is 5.32 Å². The van der Waals surface area contributed by atoms with Crippen molar-refractivity contribution >= 4 is 11.7 Å². The van der Waals surface area contributed by atoms with Gasteiger partial charge in [-0.1, -0.05) is 55.8 Å². The Morgan fingerprint density at radius 3 is 2.54 bits per heavy atom. The number of Topliss-reactive ketones (excluding diaryl/α,β-unsaturated/α-hetero) is 1. The monoisotopic (exact) mass is 377 g/mol. The summed E-state index contributed by atoms with van der Waals surface area (Å²) in [4.78, 5) is 25.3. The van der Waals surface area contributed by atoms with Gasteiger partial charge >= 0.3 is 0 Å². The predicted octanol–water partition coefficient (Wildman–Crippen LogP) is 4.93. The molecule has 1 aromatic carbocycles. The highest BCUT2D eigenvalue weighted by Gasteiger charge is 2.58. The summed E-state index contributed by atoms with van der Waals surface area (Å²) >= 11 is 0. The summed E-state index contributed by atoms with van der Waals surface area (Å²) in [6, 6.07) is 10.2. The van der Waals surface area contributed by atoms with E-state index in [2.05, 4.69) is 25.2 Å². The first-order valence-electron chi connectivity index (χ1n) is 11.0. The van der Waals surface area contributed by atoms with Crippen molar-refractivity contribution in [3.8, 4) is 0 Å². The number of amides is 1. The van der Waals surface area contributed by atoms with E-state index < -0.39 is 0 Å². The van der Waals surface area contributed by atoms with Crippen molar-refractivity contribution in [1.82, 2.24) is 5.32 Å². The molecule has 3 fully saturated rings. The molecule has 5 rings (SSSR count). The molecule has 3 nitrogen and oxygen atoms in total. The number of fused-ring (bicyclic) bond motifs is 5. The van der Waals surface area contributed by atoms with Crippen LogP contribution in [0.1, 0.15) is 69.2 Å². The van der Waals surface area contributed by atoms with Gasteiger partial charge in [0, 0.05) is 23.9 Å². The summed E-state index contributed by atoms with van der Waals surface area (Å²) in [6.07, 6.45) is 9.48. The summed E-state index contributed by atoms with van der Waals surface area (Å²) in [5.41, 5.74) is 2.75. The van der Waals surface area contributed by atoms with Gasteiger partial charge in [0.05, 0.1) is 0 Å². The Bertz CT molecular complexity index is 843. The smallest absolute Gasteiger partial charge is 0.220 e. The Balaban J connectivity index is 1.45. The standard InChI is InChI=1S/C25H31NO2/c1-24-14-12-19-17(8-11-21-25(19,2)15-13-22(27)26-21)18(24)9-10-20(24)23(28)16-6-4-3-5-7-16/h3-8,18-21H,9-15H2,1-2H3,(H,26,27)/t18-,19-,20+,21+,24-,25+/m0/s1. The highest BCUT2D eigenvalue weighted by atomic mass is 16.1. The first-order valence-corrected chi connectivity index (χ1v) is 11.0. The molecule has 6 atom stereocenters. The van der Waals surface area contributed by atoms with Gasteiger partial charge in [0.15, 0.2) is 5.78 Å². The molecule has 0 bridgehead atoms. The minimum atomic E-state index is 0.0797. The van der Waals surface area contributed by atoms with Gasteiger partial charge in [-0.15, -0.1) is 0 Å². The van der Waals surface area contributed by atoms with Crippen LogP contribution < -0.4 is 5.32 Å². The Kier molecular flexibility index (Phi) is 4.08. The number of carbonyl (C=O) groups is 2. The van der Waals surface area contributed by atoms with Crippen molar-refractivity contribution in [1.29, 1.82) is 0 Å². The van der Waals surface area contributed by atoms with Gasteiger partial charge in [-0.2, -0.15) is 0 Å². The molecule has 2 saturated carbocycles. The lowest BCUT2D eigenvalue weighted by Gasteiger charge is -2.56. The van der Waals surface area contributed by atoms with Gasteiger partial charge in [0.1, 0.15) is 0 Å². The zero-order valence-corrected chi connectivity index (χ0v) is 17.0. The fourth-order valence-electron chi connectivity index (χ4n) is 7.21. The third-order valence-corrected chi connectivity index (χ3v) is 8.89. The van der Waals surface area contributed by atoms with Crippen LogP contribution in [0.3, 0.4) is 0 Å². The van der Waals surface area contributed by atoms with E-state index in [-0.39, 0.29) is 28.7 Å². The highest BCUT2D eigenvalue weighted by molar-refractivity contribution is 5.98. The van der Waals surface area contributed by atoms with Crippen LogP contribution in [0.15, 0.2) is 42.0 Å². The Morgan fingerprint density at radius 1 is 1.00 bits per heavy atom. The number of hydrogen-bond acceptors (Lipinski definition) is 2. The number of carbonyl (C=O) groups excluding carboxylic acids is 2. The molecule has 1 aromatic rings. The maximum atomic E-state index is 13.3. The van der Waals surface area contributed by atoms with Gasteiger partial charge in [-0.3, -0.25) is 9.59 Å². The highest BCUT2D eigenvalue weighted by Crippen LogP contribution is 2.64. The van der Waals surface area contributed by atoms with Crippen LogP contribution in [0.2, 0.25) is 0 Å². The molecule has 0 unspecified atom stereocenters. The number of piperidine rings is 1. The van der Waals surface area contributed by atoms with E-state index in [0.717, 1.165) is 44.1 Å². The van der Waals surface area contributed by atoms with E-state index in [4.69, 9.17) is 0 Å². The van der Waals surface area contributed by atoms with Gasteiger partial charge in [-0.25, -0.2) is 0 Å². The normalized spacial score (nSPS) is 41.9. The minimum absolute atomic E-state index is 0.0797. The summed E-state index contributed by atoms with van der Waals surface area (Å²) in [6.45, 7) is 4.78. The predicted molar refractivity (Wildman–Crippen MR) is 110 cm³/mol. The zero-order chi connectivity index (χ0) is 19.5. The molecule has 1 saturated heterocycles. The molecule has 0 spiro atoms. The van der Waals surface area contributed by atoms with Gasteiger partial charge in [0.25, 0.3) is 0 Å². The zero-order valence-electron chi connectivity index (χ0n) is 17.0. The molecule has 148 valence electrons. The van der Waals surface area contributed by atoms with Crippen molar-refractivity contribution in [2.24, 2.45) is 28.6 Å². The molecule has 1 aliphatic heterocycles. The van der Waals surface area contributed by atoms with E-state index >= 15 is 0 Å². The lowest BCUT2D eigenvalue weighted by Crippen LogP contribution is -2.58. The lowest BCUT2D eigenvalue weighted by molar-refractivity contribution is -0.128. The SMILES string of the molecule is C[C@]12CCC(=O)N[C@@H]1CC=C1[C@@H]2CC[C@]2(C)[C@@H](C(=O)c3ccccc3)CC[C@@H]12. The number of nitrogens with one attached hydrogen (secondary N) is 1. The molecule has 3 aliphatic carbocycles. The van der Waals surface area contributed by atoms with E-state index in [9.17, 15) is 9.59 Å². The van der Waals surface area contributed by atoms with Crippen LogP contribution >= 0.6 is 0 Å². The summed E-state index contributed by atoms with van der Waals surface area (Å²) in [5, 5.41) is 3.27. The molecule has 1 heterocycles. The van der Waals surface area contributed by atoms with Crippen molar-refractivity contribution in [2.75, 3.05) is 0 Å². The lowest BCUT2D eigenvalue weighted by atomic mass is 9.50. The second-order valence-electron chi connectivity index (χ2n) is 10.1. The number of benzene rings is 1. The second kappa shape index (κ2) is 6.30. The van der Waals surface area contributed by atoms with Crippen molar-refractivity contribution in [2.45, 2.75) is 64.8 Å². The first kappa shape index (κ1) is 18.1. The first-order chi connectivity index (χ1) is 13.4. The fraction of sp³-hybridized carbons (Fsp3) is 0.600. The Morgan fingerprint density at radius 2 is 1.75 bits per heavy atom. The molecule has 0 aromatic heterocycles. The summed E-state index contributed by atoms with van der Waals surface area (Å²) < 4.78 is 0. The molecule has 4 aliphatic rings.